The molecule has 7 heteroatoms. The minimum atomic E-state index is -0.514. The van der Waals surface area contributed by atoms with E-state index in [4.69, 9.17) is 4.74 Å². The lowest BCUT2D eigenvalue weighted by atomic mass is 10.2. The van der Waals surface area contributed by atoms with Gasteiger partial charge >= 0.3 is 6.09 Å². The fraction of sp³-hybridized carbons (Fsp3) is 0.611. The van der Waals surface area contributed by atoms with Crippen LogP contribution in [-0.2, 0) is 22.6 Å². The van der Waals surface area contributed by atoms with Crippen molar-refractivity contribution >= 4 is 12.0 Å². The molecule has 0 spiro atoms. The molecule has 2 rings (SSSR count). The molecule has 1 aliphatic heterocycles. The molecular weight excluding hydrogens is 320 g/mol. The second-order valence-corrected chi connectivity index (χ2v) is 7.21. The molecule has 1 aromatic heterocycles. The van der Waals surface area contributed by atoms with Gasteiger partial charge in [-0.05, 0) is 33.6 Å². The highest BCUT2D eigenvalue weighted by Gasteiger charge is 2.20. The number of ether oxygens (including phenoxy) is 1. The number of imidazole rings is 1. The fourth-order valence-corrected chi connectivity index (χ4v) is 2.48. The molecule has 25 heavy (non-hydrogen) atoms. The van der Waals surface area contributed by atoms with Crippen molar-refractivity contribution in [3.05, 3.63) is 17.7 Å². The number of carbonyl (C=O) groups is 2. The van der Waals surface area contributed by atoms with Crippen LogP contribution in [0.5, 0.6) is 0 Å². The normalized spacial score (nSPS) is 14.8. The molecule has 1 aliphatic rings. The molecule has 2 heterocycles. The highest BCUT2D eigenvalue weighted by Crippen LogP contribution is 2.13. The molecule has 136 valence electrons. The molecule has 0 unspecified atom stereocenters. The minimum absolute atomic E-state index is 0.0592. The summed E-state index contributed by atoms with van der Waals surface area (Å²) in [4.78, 5) is 29.3. The third kappa shape index (κ3) is 5.52. The number of rotatable bonds is 2. The quantitative estimate of drug-likeness (QED) is 0.830. The Hall–Kier alpha value is -2.49. The first-order chi connectivity index (χ1) is 11.7. The summed E-state index contributed by atoms with van der Waals surface area (Å²) < 4.78 is 7.26. The maximum absolute atomic E-state index is 11.7. The van der Waals surface area contributed by atoms with Gasteiger partial charge in [0.2, 0.25) is 5.91 Å². The van der Waals surface area contributed by atoms with E-state index in [1.54, 1.807) is 18.0 Å². The standard InChI is InChI=1S/C18H26N4O3/c1-13(20-17(24)25-18(3,4)5)7-6-8-15-11-19-16-12-21(14(2)23)9-10-22(15)16/h11,13H,7,9-10,12H2,1-5H3,(H,20,24)/t13-/m0/s1. The average Bonchev–Trinajstić information content (AvgIpc) is 2.87. The van der Waals surface area contributed by atoms with E-state index in [9.17, 15) is 9.59 Å². The Balaban J connectivity index is 1.90. The Morgan fingerprint density at radius 3 is 2.76 bits per heavy atom. The Morgan fingerprint density at radius 2 is 2.12 bits per heavy atom. The zero-order valence-electron chi connectivity index (χ0n) is 15.5. The van der Waals surface area contributed by atoms with Gasteiger partial charge in [-0.3, -0.25) is 4.79 Å². The number of carbonyl (C=O) groups excluding carboxylic acids is 2. The van der Waals surface area contributed by atoms with Crippen molar-refractivity contribution < 1.29 is 14.3 Å². The van der Waals surface area contributed by atoms with Gasteiger partial charge in [0.15, 0.2) is 0 Å². The van der Waals surface area contributed by atoms with Gasteiger partial charge in [0.1, 0.15) is 17.1 Å². The van der Waals surface area contributed by atoms with E-state index < -0.39 is 11.7 Å². The number of hydrogen-bond acceptors (Lipinski definition) is 4. The zero-order chi connectivity index (χ0) is 18.6. The monoisotopic (exact) mass is 346 g/mol. The molecule has 0 aliphatic carbocycles. The lowest BCUT2D eigenvalue weighted by Gasteiger charge is -2.26. The number of nitrogens with zero attached hydrogens (tertiary/aromatic N) is 3. The van der Waals surface area contributed by atoms with Crippen molar-refractivity contribution in [2.24, 2.45) is 0 Å². The third-order valence-electron chi connectivity index (χ3n) is 3.70. The molecule has 0 saturated carbocycles. The summed E-state index contributed by atoms with van der Waals surface area (Å²) in [6.45, 7) is 10.8. The summed E-state index contributed by atoms with van der Waals surface area (Å²) in [5.41, 5.74) is 0.322. The smallest absolute Gasteiger partial charge is 0.407 e. The van der Waals surface area contributed by atoms with E-state index in [1.807, 2.05) is 32.3 Å². The lowest BCUT2D eigenvalue weighted by Crippen LogP contribution is -2.37. The SMILES string of the molecule is CC(=O)N1CCn2c(C#CC[C@H](C)NC(=O)OC(C)(C)C)cnc2C1. The zero-order valence-corrected chi connectivity index (χ0v) is 15.5. The van der Waals surface area contributed by atoms with Gasteiger partial charge < -0.3 is 19.5 Å². The van der Waals surface area contributed by atoms with Crippen LogP contribution in [0.3, 0.4) is 0 Å². The van der Waals surface area contributed by atoms with Gasteiger partial charge in [-0.25, -0.2) is 9.78 Å². The van der Waals surface area contributed by atoms with Gasteiger partial charge in [-0.1, -0.05) is 5.92 Å². The summed E-state index contributed by atoms with van der Waals surface area (Å²) >= 11 is 0. The van der Waals surface area contributed by atoms with E-state index in [-0.39, 0.29) is 11.9 Å². The summed E-state index contributed by atoms with van der Waals surface area (Å²) in [5.74, 6) is 7.09. The predicted octanol–water partition coefficient (Wildman–Crippen LogP) is 1.90. The van der Waals surface area contributed by atoms with Crippen LogP contribution in [0.1, 0.15) is 52.6 Å². The van der Waals surface area contributed by atoms with Crippen LogP contribution in [-0.4, -0.2) is 44.6 Å². The van der Waals surface area contributed by atoms with Gasteiger partial charge in [-0.2, -0.15) is 0 Å². The van der Waals surface area contributed by atoms with Crippen molar-refractivity contribution in [1.82, 2.24) is 19.8 Å². The first-order valence-corrected chi connectivity index (χ1v) is 8.44. The van der Waals surface area contributed by atoms with Crippen LogP contribution in [0, 0.1) is 11.8 Å². The van der Waals surface area contributed by atoms with Crippen molar-refractivity contribution in [2.45, 2.75) is 65.8 Å². The Labute approximate surface area is 148 Å². The van der Waals surface area contributed by atoms with E-state index in [1.165, 1.54) is 0 Å². The molecule has 0 radical (unpaired) electrons. The van der Waals surface area contributed by atoms with E-state index in [2.05, 4.69) is 22.1 Å². The van der Waals surface area contributed by atoms with E-state index >= 15 is 0 Å². The highest BCUT2D eigenvalue weighted by atomic mass is 16.6. The van der Waals surface area contributed by atoms with Gasteiger partial charge in [0.25, 0.3) is 0 Å². The van der Waals surface area contributed by atoms with Gasteiger partial charge in [0, 0.05) is 32.5 Å². The van der Waals surface area contributed by atoms with Crippen LogP contribution in [0.4, 0.5) is 4.79 Å². The van der Waals surface area contributed by atoms with Crippen LogP contribution < -0.4 is 5.32 Å². The molecule has 0 fully saturated rings. The van der Waals surface area contributed by atoms with Crippen molar-refractivity contribution in [1.29, 1.82) is 0 Å². The number of nitrogens with one attached hydrogen (secondary N) is 1. The van der Waals surface area contributed by atoms with Crippen molar-refractivity contribution in [3.8, 4) is 11.8 Å². The second-order valence-electron chi connectivity index (χ2n) is 7.21. The molecule has 1 atom stereocenters. The van der Waals surface area contributed by atoms with Crippen LogP contribution in [0.2, 0.25) is 0 Å². The van der Waals surface area contributed by atoms with E-state index in [0.29, 0.717) is 26.1 Å². The highest BCUT2D eigenvalue weighted by molar-refractivity contribution is 5.73. The number of fused-ring (bicyclic) bond motifs is 1. The van der Waals surface area contributed by atoms with Crippen LogP contribution in [0.15, 0.2) is 6.20 Å². The number of alkyl carbamates (subject to hydrolysis) is 1. The predicted molar refractivity (Wildman–Crippen MR) is 93.6 cm³/mol. The first-order valence-electron chi connectivity index (χ1n) is 8.44. The lowest BCUT2D eigenvalue weighted by molar-refractivity contribution is -0.130. The Bertz CT molecular complexity index is 706. The summed E-state index contributed by atoms with van der Waals surface area (Å²) in [6.07, 6.45) is 1.81. The van der Waals surface area contributed by atoms with Crippen LogP contribution >= 0.6 is 0 Å². The average molecular weight is 346 g/mol. The molecule has 0 saturated heterocycles. The molecule has 0 bridgehead atoms. The molecular formula is C18H26N4O3. The van der Waals surface area contributed by atoms with Crippen molar-refractivity contribution in [3.63, 3.8) is 0 Å². The largest absolute Gasteiger partial charge is 0.444 e. The van der Waals surface area contributed by atoms with Crippen LogP contribution in [0.25, 0.3) is 0 Å². The maximum Gasteiger partial charge on any atom is 0.407 e. The molecule has 0 aromatic carbocycles. The molecule has 1 aromatic rings. The molecule has 1 N–H and O–H groups in total. The fourth-order valence-electron chi connectivity index (χ4n) is 2.48. The summed E-state index contributed by atoms with van der Waals surface area (Å²) in [6, 6.07) is -0.112. The number of hydrogen-bond donors (Lipinski definition) is 1. The minimum Gasteiger partial charge on any atom is -0.444 e. The topological polar surface area (TPSA) is 76.5 Å². The first kappa shape index (κ1) is 18.8. The third-order valence-corrected chi connectivity index (χ3v) is 3.70. The maximum atomic E-state index is 11.7. The Kier molecular flexibility index (Phi) is 5.73. The summed E-state index contributed by atoms with van der Waals surface area (Å²) in [7, 11) is 0. The second kappa shape index (κ2) is 7.60. The number of aromatic nitrogens is 2. The van der Waals surface area contributed by atoms with Gasteiger partial charge in [0.05, 0.1) is 12.7 Å². The van der Waals surface area contributed by atoms with Gasteiger partial charge in [-0.15, -0.1) is 0 Å². The molecule has 2 amide bonds. The summed E-state index contributed by atoms with van der Waals surface area (Å²) in [5, 5.41) is 2.77. The number of amides is 2. The van der Waals surface area contributed by atoms with Crippen molar-refractivity contribution in [2.75, 3.05) is 6.54 Å². The van der Waals surface area contributed by atoms with E-state index in [0.717, 1.165) is 11.5 Å². The molecule has 7 nitrogen and oxygen atoms in total. The Morgan fingerprint density at radius 1 is 1.40 bits per heavy atom.